The van der Waals surface area contributed by atoms with Gasteiger partial charge in [0.15, 0.2) is 0 Å². The number of rotatable bonds is 10. The molecule has 166 valence electrons. The van der Waals surface area contributed by atoms with Crippen molar-refractivity contribution >= 4 is 23.2 Å². The molecule has 6 nitrogen and oxygen atoms in total. The molecule has 1 aromatic rings. The van der Waals surface area contributed by atoms with E-state index < -0.39 is 0 Å². The van der Waals surface area contributed by atoms with Gasteiger partial charge in [-0.3, -0.25) is 9.59 Å². The molecule has 3 rings (SSSR count). The van der Waals surface area contributed by atoms with Gasteiger partial charge in [-0.05, 0) is 56.7 Å². The summed E-state index contributed by atoms with van der Waals surface area (Å²) < 4.78 is 5.63. The molecule has 2 heterocycles. The predicted molar refractivity (Wildman–Crippen MR) is 121 cm³/mol. The smallest absolute Gasteiger partial charge is 0.253 e. The fourth-order valence-corrected chi connectivity index (χ4v) is 4.25. The van der Waals surface area contributed by atoms with Gasteiger partial charge in [0.2, 0.25) is 5.91 Å². The fraction of sp³-hybridized carbons (Fsp3) is 0.667. The number of amides is 2. The van der Waals surface area contributed by atoms with E-state index in [2.05, 4.69) is 22.5 Å². The van der Waals surface area contributed by atoms with Crippen molar-refractivity contribution in [2.75, 3.05) is 36.5 Å². The van der Waals surface area contributed by atoms with Gasteiger partial charge in [0.25, 0.3) is 5.91 Å². The van der Waals surface area contributed by atoms with Gasteiger partial charge in [0, 0.05) is 44.0 Å². The van der Waals surface area contributed by atoms with Crippen LogP contribution in [0.4, 0.5) is 11.4 Å². The Morgan fingerprint density at radius 2 is 1.93 bits per heavy atom. The SMILES string of the molecule is CCCCCCC(=O)Nc1ccc(N2CCCCC2)c(C(=O)NC[C@@H]2CCCO2)c1. The molecule has 1 aromatic carbocycles. The average molecular weight is 416 g/mol. The Balaban J connectivity index is 1.67. The number of hydrogen-bond donors (Lipinski definition) is 2. The molecule has 0 unspecified atom stereocenters. The van der Waals surface area contributed by atoms with Crippen LogP contribution in [0.25, 0.3) is 0 Å². The van der Waals surface area contributed by atoms with E-state index in [1.807, 2.05) is 18.2 Å². The maximum Gasteiger partial charge on any atom is 0.253 e. The molecule has 0 spiro atoms. The van der Waals surface area contributed by atoms with Crippen molar-refractivity contribution in [2.24, 2.45) is 0 Å². The summed E-state index contributed by atoms with van der Waals surface area (Å²) in [5.74, 6) is -0.0762. The number of hydrogen-bond acceptors (Lipinski definition) is 4. The van der Waals surface area contributed by atoms with E-state index >= 15 is 0 Å². The molecule has 1 atom stereocenters. The van der Waals surface area contributed by atoms with E-state index in [-0.39, 0.29) is 17.9 Å². The minimum absolute atomic E-state index is 0.0162. The second-order valence-electron chi connectivity index (χ2n) is 8.48. The van der Waals surface area contributed by atoms with Crippen molar-refractivity contribution in [2.45, 2.75) is 77.2 Å². The van der Waals surface area contributed by atoms with Crippen molar-refractivity contribution in [1.29, 1.82) is 0 Å². The first-order valence-corrected chi connectivity index (χ1v) is 11.8. The van der Waals surface area contributed by atoms with Crippen LogP contribution in [0.2, 0.25) is 0 Å². The quantitative estimate of drug-likeness (QED) is 0.552. The van der Waals surface area contributed by atoms with Crippen LogP contribution in [0.3, 0.4) is 0 Å². The van der Waals surface area contributed by atoms with Gasteiger partial charge < -0.3 is 20.3 Å². The summed E-state index contributed by atoms with van der Waals surface area (Å²) in [7, 11) is 0. The summed E-state index contributed by atoms with van der Waals surface area (Å²) in [6.45, 7) is 5.41. The molecule has 0 aromatic heterocycles. The number of carbonyl (C=O) groups excluding carboxylic acids is 2. The first-order chi connectivity index (χ1) is 14.7. The van der Waals surface area contributed by atoms with Crippen molar-refractivity contribution < 1.29 is 14.3 Å². The van der Waals surface area contributed by atoms with Gasteiger partial charge >= 0.3 is 0 Å². The first-order valence-electron chi connectivity index (χ1n) is 11.8. The molecule has 6 heteroatoms. The van der Waals surface area contributed by atoms with Crippen LogP contribution in [0.1, 0.15) is 81.5 Å². The van der Waals surface area contributed by atoms with Gasteiger partial charge in [-0.25, -0.2) is 0 Å². The lowest BCUT2D eigenvalue weighted by Crippen LogP contribution is -2.35. The van der Waals surface area contributed by atoms with E-state index in [0.717, 1.165) is 76.8 Å². The van der Waals surface area contributed by atoms with Gasteiger partial charge in [0.1, 0.15) is 0 Å². The molecule has 2 aliphatic heterocycles. The van der Waals surface area contributed by atoms with Crippen molar-refractivity contribution in [1.82, 2.24) is 5.32 Å². The lowest BCUT2D eigenvalue weighted by molar-refractivity contribution is -0.116. The average Bonchev–Trinajstić information content (AvgIpc) is 3.29. The minimum atomic E-state index is -0.0925. The molecule has 2 amide bonds. The van der Waals surface area contributed by atoms with Crippen LogP contribution in [0.15, 0.2) is 18.2 Å². The van der Waals surface area contributed by atoms with Gasteiger partial charge in [0.05, 0.1) is 11.7 Å². The number of carbonyl (C=O) groups is 2. The van der Waals surface area contributed by atoms with Crippen LogP contribution >= 0.6 is 0 Å². The van der Waals surface area contributed by atoms with Crippen LogP contribution in [-0.2, 0) is 9.53 Å². The van der Waals surface area contributed by atoms with Crippen LogP contribution in [0.5, 0.6) is 0 Å². The van der Waals surface area contributed by atoms with E-state index in [1.54, 1.807) is 0 Å². The zero-order chi connectivity index (χ0) is 21.2. The molecule has 0 radical (unpaired) electrons. The number of anilines is 2. The van der Waals surface area contributed by atoms with Crippen LogP contribution in [-0.4, -0.2) is 44.2 Å². The Kier molecular flexibility index (Phi) is 9.00. The van der Waals surface area contributed by atoms with Gasteiger partial charge in [-0.2, -0.15) is 0 Å². The highest BCUT2D eigenvalue weighted by Gasteiger charge is 2.21. The molecular formula is C24H37N3O3. The standard InChI is InChI=1S/C24H37N3O3/c1-2-3-4-6-11-23(28)26-19-12-13-22(27-14-7-5-8-15-27)21(17-19)24(29)25-18-20-10-9-16-30-20/h12-13,17,20H,2-11,14-16,18H2,1H3,(H,25,29)(H,26,28)/t20-/m0/s1. The van der Waals surface area contributed by atoms with Crippen molar-refractivity contribution in [3.8, 4) is 0 Å². The normalized spacial score (nSPS) is 19.0. The number of unbranched alkanes of at least 4 members (excludes halogenated alkanes) is 3. The second-order valence-corrected chi connectivity index (χ2v) is 8.48. The Hall–Kier alpha value is -2.08. The molecule has 2 fully saturated rings. The zero-order valence-electron chi connectivity index (χ0n) is 18.4. The summed E-state index contributed by atoms with van der Waals surface area (Å²) in [6.07, 6.45) is 10.5. The van der Waals surface area contributed by atoms with E-state index in [9.17, 15) is 9.59 Å². The summed E-state index contributed by atoms with van der Waals surface area (Å²) >= 11 is 0. The highest BCUT2D eigenvalue weighted by atomic mass is 16.5. The molecule has 0 aliphatic carbocycles. The predicted octanol–water partition coefficient (Wildman–Crippen LogP) is 4.49. The highest BCUT2D eigenvalue weighted by Crippen LogP contribution is 2.27. The van der Waals surface area contributed by atoms with E-state index in [1.165, 1.54) is 6.42 Å². The Bertz CT molecular complexity index is 695. The van der Waals surface area contributed by atoms with Crippen LogP contribution in [0, 0.1) is 0 Å². The van der Waals surface area contributed by atoms with E-state index in [4.69, 9.17) is 4.74 Å². The lowest BCUT2D eigenvalue weighted by atomic mass is 10.1. The minimum Gasteiger partial charge on any atom is -0.376 e. The fourth-order valence-electron chi connectivity index (χ4n) is 4.25. The largest absolute Gasteiger partial charge is 0.376 e. The zero-order valence-corrected chi connectivity index (χ0v) is 18.4. The first kappa shape index (κ1) is 22.6. The van der Waals surface area contributed by atoms with Gasteiger partial charge in [-0.15, -0.1) is 0 Å². The van der Waals surface area contributed by atoms with Crippen molar-refractivity contribution in [3.05, 3.63) is 23.8 Å². The maximum atomic E-state index is 13.0. The summed E-state index contributed by atoms with van der Waals surface area (Å²) in [5, 5.41) is 6.03. The number of ether oxygens (including phenoxy) is 1. The van der Waals surface area contributed by atoms with E-state index in [0.29, 0.717) is 24.2 Å². The summed E-state index contributed by atoms with van der Waals surface area (Å²) in [5.41, 5.74) is 2.29. The number of nitrogens with zero attached hydrogens (tertiary/aromatic N) is 1. The molecular weight excluding hydrogens is 378 g/mol. The molecule has 0 bridgehead atoms. The third-order valence-electron chi connectivity index (χ3n) is 5.99. The molecule has 2 N–H and O–H groups in total. The Labute approximate surface area is 180 Å². The number of piperidine rings is 1. The Morgan fingerprint density at radius 3 is 2.67 bits per heavy atom. The van der Waals surface area contributed by atoms with Gasteiger partial charge in [-0.1, -0.05) is 26.2 Å². The number of benzene rings is 1. The number of nitrogens with one attached hydrogen (secondary N) is 2. The third kappa shape index (κ3) is 6.73. The maximum absolute atomic E-state index is 13.0. The van der Waals surface area contributed by atoms with Crippen LogP contribution < -0.4 is 15.5 Å². The Morgan fingerprint density at radius 1 is 1.10 bits per heavy atom. The third-order valence-corrected chi connectivity index (χ3v) is 5.99. The molecule has 30 heavy (non-hydrogen) atoms. The molecule has 2 saturated heterocycles. The lowest BCUT2D eigenvalue weighted by Gasteiger charge is -2.30. The summed E-state index contributed by atoms with van der Waals surface area (Å²) in [4.78, 5) is 27.6. The second kappa shape index (κ2) is 11.9. The van der Waals surface area contributed by atoms with Crippen molar-refractivity contribution in [3.63, 3.8) is 0 Å². The molecule has 0 saturated carbocycles. The monoisotopic (exact) mass is 415 g/mol. The highest BCUT2D eigenvalue weighted by molar-refractivity contribution is 6.02. The molecule has 2 aliphatic rings. The topological polar surface area (TPSA) is 70.7 Å². The summed E-state index contributed by atoms with van der Waals surface area (Å²) in [6, 6.07) is 5.74.